The summed E-state index contributed by atoms with van der Waals surface area (Å²) < 4.78 is 1.98. The molecule has 1 aliphatic rings. The van der Waals surface area contributed by atoms with Gasteiger partial charge in [0.05, 0.1) is 15.5 Å². The Labute approximate surface area is 193 Å². The largest absolute Gasteiger partial charge is 0.318 e. The second kappa shape index (κ2) is 8.29. The molecule has 0 atom stereocenters. The van der Waals surface area contributed by atoms with Crippen LogP contribution >= 0.6 is 23.4 Å². The molecule has 32 heavy (non-hydrogen) atoms. The second-order valence-corrected chi connectivity index (χ2v) is 8.81. The number of rotatable bonds is 4. The van der Waals surface area contributed by atoms with Crippen LogP contribution in [0.5, 0.6) is 0 Å². The van der Waals surface area contributed by atoms with E-state index in [4.69, 9.17) is 11.6 Å². The SMILES string of the molecule is Cc1cc([N+](=O)[O-])ccc1-n1c(C)cc(/C=C2/SC(=O)N(c3ccc(Cl)cc3)C2=O)c1C. The molecule has 1 fully saturated rings. The summed E-state index contributed by atoms with van der Waals surface area (Å²) in [4.78, 5) is 37.5. The Bertz CT molecular complexity index is 1310. The van der Waals surface area contributed by atoms with Crippen LogP contribution in [0.15, 0.2) is 53.4 Å². The monoisotopic (exact) mass is 467 g/mol. The van der Waals surface area contributed by atoms with Crippen molar-refractivity contribution in [2.24, 2.45) is 0 Å². The van der Waals surface area contributed by atoms with Gasteiger partial charge in [0.15, 0.2) is 0 Å². The van der Waals surface area contributed by atoms with Crippen LogP contribution in [0.4, 0.5) is 16.2 Å². The molecule has 0 spiro atoms. The molecule has 4 rings (SSSR count). The molecule has 1 saturated heterocycles. The molecule has 2 amide bonds. The number of carbonyl (C=O) groups is 2. The maximum absolute atomic E-state index is 12.9. The number of hydrogen-bond acceptors (Lipinski definition) is 5. The number of nitrogens with zero attached hydrogens (tertiary/aromatic N) is 3. The number of hydrogen-bond donors (Lipinski definition) is 0. The normalized spacial score (nSPS) is 15.1. The molecule has 9 heteroatoms. The van der Waals surface area contributed by atoms with Crippen molar-refractivity contribution in [1.82, 2.24) is 4.57 Å². The minimum absolute atomic E-state index is 0.0322. The van der Waals surface area contributed by atoms with Gasteiger partial charge in [-0.1, -0.05) is 11.6 Å². The van der Waals surface area contributed by atoms with E-state index in [1.54, 1.807) is 36.4 Å². The minimum atomic E-state index is -0.422. The van der Waals surface area contributed by atoms with Gasteiger partial charge in [-0.2, -0.15) is 0 Å². The molecule has 3 aromatic rings. The number of amides is 2. The van der Waals surface area contributed by atoms with Crippen LogP contribution in [0.25, 0.3) is 11.8 Å². The van der Waals surface area contributed by atoms with E-state index >= 15 is 0 Å². The number of thioether (sulfide) groups is 1. The molecule has 0 saturated carbocycles. The van der Waals surface area contributed by atoms with Crippen LogP contribution < -0.4 is 4.90 Å². The van der Waals surface area contributed by atoms with Gasteiger partial charge in [-0.15, -0.1) is 0 Å². The summed E-state index contributed by atoms with van der Waals surface area (Å²) in [7, 11) is 0. The third-order valence-corrected chi connectivity index (χ3v) is 6.39. The van der Waals surface area contributed by atoms with E-state index in [0.29, 0.717) is 15.6 Å². The summed E-state index contributed by atoms with van der Waals surface area (Å²) in [6.45, 7) is 5.64. The first-order chi connectivity index (χ1) is 15.2. The van der Waals surface area contributed by atoms with E-state index in [2.05, 4.69) is 0 Å². The van der Waals surface area contributed by atoms with Crippen LogP contribution in [0.3, 0.4) is 0 Å². The third kappa shape index (κ3) is 3.83. The molecule has 0 bridgehead atoms. The fraction of sp³-hybridized carbons (Fsp3) is 0.130. The Balaban J connectivity index is 1.70. The summed E-state index contributed by atoms with van der Waals surface area (Å²) in [6, 6.07) is 13.2. The third-order valence-electron chi connectivity index (χ3n) is 5.27. The van der Waals surface area contributed by atoms with E-state index in [1.807, 2.05) is 31.4 Å². The van der Waals surface area contributed by atoms with Crippen molar-refractivity contribution in [3.05, 3.63) is 91.1 Å². The van der Waals surface area contributed by atoms with Gasteiger partial charge in [-0.25, -0.2) is 4.90 Å². The lowest BCUT2D eigenvalue weighted by Crippen LogP contribution is -2.27. The van der Waals surface area contributed by atoms with Crippen molar-refractivity contribution < 1.29 is 14.5 Å². The quantitative estimate of drug-likeness (QED) is 0.259. The molecule has 1 aliphatic heterocycles. The maximum Gasteiger partial charge on any atom is 0.298 e. The van der Waals surface area contributed by atoms with E-state index < -0.39 is 10.8 Å². The Morgan fingerprint density at radius 1 is 1.03 bits per heavy atom. The molecule has 0 radical (unpaired) electrons. The molecular formula is C23H18ClN3O4S. The molecular weight excluding hydrogens is 450 g/mol. The minimum Gasteiger partial charge on any atom is -0.318 e. The standard InChI is InChI=1S/C23H18ClN3O4S/c1-13-10-19(27(30)31)8-9-20(13)25-14(2)11-16(15(25)3)12-21-22(28)26(23(29)32-21)18-6-4-17(24)5-7-18/h4-12H,1-3H3/b21-12+. The zero-order valence-corrected chi connectivity index (χ0v) is 19.0. The molecule has 7 nitrogen and oxygen atoms in total. The van der Waals surface area contributed by atoms with Gasteiger partial charge in [0, 0.05) is 34.2 Å². The molecule has 162 valence electrons. The number of anilines is 1. The van der Waals surface area contributed by atoms with Crippen molar-refractivity contribution in [2.45, 2.75) is 20.8 Å². The number of nitro benzene ring substituents is 1. The van der Waals surface area contributed by atoms with Gasteiger partial charge in [-0.05, 0) is 86.1 Å². The molecule has 0 N–H and O–H groups in total. The first kappa shape index (κ1) is 21.9. The van der Waals surface area contributed by atoms with Gasteiger partial charge in [0.2, 0.25) is 0 Å². The molecule has 0 aliphatic carbocycles. The first-order valence-electron chi connectivity index (χ1n) is 9.65. The second-order valence-electron chi connectivity index (χ2n) is 7.38. The van der Waals surface area contributed by atoms with Crippen molar-refractivity contribution in [1.29, 1.82) is 0 Å². The van der Waals surface area contributed by atoms with Crippen LogP contribution in [-0.4, -0.2) is 20.6 Å². The Kier molecular flexibility index (Phi) is 5.66. The van der Waals surface area contributed by atoms with Crippen LogP contribution in [0.2, 0.25) is 5.02 Å². The van der Waals surface area contributed by atoms with Crippen molar-refractivity contribution >= 4 is 52.0 Å². The number of aromatic nitrogens is 1. The number of nitro groups is 1. The molecule has 2 heterocycles. The van der Waals surface area contributed by atoms with E-state index in [9.17, 15) is 19.7 Å². The van der Waals surface area contributed by atoms with Crippen molar-refractivity contribution in [2.75, 3.05) is 4.90 Å². The van der Waals surface area contributed by atoms with E-state index in [-0.39, 0.29) is 10.9 Å². The highest BCUT2D eigenvalue weighted by atomic mass is 35.5. The number of imide groups is 1. The number of halogens is 1. The van der Waals surface area contributed by atoms with Gasteiger partial charge in [0.1, 0.15) is 0 Å². The number of aryl methyl sites for hydroxylation is 2. The molecule has 2 aromatic carbocycles. The van der Waals surface area contributed by atoms with E-state index in [1.165, 1.54) is 12.1 Å². The highest BCUT2D eigenvalue weighted by molar-refractivity contribution is 8.19. The van der Waals surface area contributed by atoms with Crippen LogP contribution in [0, 0.1) is 30.9 Å². The van der Waals surface area contributed by atoms with Crippen molar-refractivity contribution in [3.63, 3.8) is 0 Å². The van der Waals surface area contributed by atoms with Gasteiger partial charge < -0.3 is 4.57 Å². The average Bonchev–Trinajstić information content (AvgIpc) is 3.17. The van der Waals surface area contributed by atoms with Crippen molar-refractivity contribution in [3.8, 4) is 5.69 Å². The lowest BCUT2D eigenvalue weighted by Gasteiger charge is -2.13. The lowest BCUT2D eigenvalue weighted by molar-refractivity contribution is -0.384. The van der Waals surface area contributed by atoms with Gasteiger partial charge in [-0.3, -0.25) is 19.7 Å². The molecule has 1 aromatic heterocycles. The van der Waals surface area contributed by atoms with Gasteiger partial charge in [0.25, 0.3) is 16.8 Å². The lowest BCUT2D eigenvalue weighted by atomic mass is 10.1. The highest BCUT2D eigenvalue weighted by Crippen LogP contribution is 2.37. The van der Waals surface area contributed by atoms with E-state index in [0.717, 1.165) is 44.9 Å². The zero-order valence-electron chi connectivity index (χ0n) is 17.5. The summed E-state index contributed by atoms with van der Waals surface area (Å²) in [5.41, 5.74) is 4.63. The fourth-order valence-electron chi connectivity index (χ4n) is 3.73. The maximum atomic E-state index is 12.9. The summed E-state index contributed by atoms with van der Waals surface area (Å²) in [5.74, 6) is -0.390. The number of carbonyl (C=O) groups excluding carboxylic acids is 2. The van der Waals surface area contributed by atoms with Gasteiger partial charge >= 0.3 is 0 Å². The summed E-state index contributed by atoms with van der Waals surface area (Å²) >= 11 is 6.79. The summed E-state index contributed by atoms with van der Waals surface area (Å²) in [6.07, 6.45) is 1.71. The smallest absolute Gasteiger partial charge is 0.298 e. The highest BCUT2D eigenvalue weighted by Gasteiger charge is 2.36. The Hall–Kier alpha value is -3.36. The molecule has 0 unspecified atom stereocenters. The van der Waals surface area contributed by atoms with Crippen LogP contribution in [0.1, 0.15) is 22.5 Å². The average molecular weight is 468 g/mol. The zero-order chi connectivity index (χ0) is 23.2. The Morgan fingerprint density at radius 3 is 2.34 bits per heavy atom. The summed E-state index contributed by atoms with van der Waals surface area (Å²) in [5, 5.41) is 11.2. The predicted molar refractivity (Wildman–Crippen MR) is 127 cm³/mol. The van der Waals surface area contributed by atoms with Crippen LogP contribution in [-0.2, 0) is 4.79 Å². The topological polar surface area (TPSA) is 85.4 Å². The fourth-order valence-corrected chi connectivity index (χ4v) is 4.69. The first-order valence-corrected chi connectivity index (χ1v) is 10.8. The Morgan fingerprint density at radius 2 is 1.72 bits per heavy atom. The number of benzene rings is 2. The predicted octanol–water partition coefficient (Wildman–Crippen LogP) is 6.21. The number of non-ortho nitro benzene ring substituents is 1.